The van der Waals surface area contributed by atoms with Gasteiger partial charge in [0.2, 0.25) is 0 Å². The Hall–Kier alpha value is -3.48. The van der Waals surface area contributed by atoms with Crippen LogP contribution >= 0.6 is 0 Å². The van der Waals surface area contributed by atoms with Crippen LogP contribution in [0.1, 0.15) is 57.4 Å². The highest BCUT2D eigenvalue weighted by atomic mass is 16.5. The zero-order valence-electron chi connectivity index (χ0n) is 17.5. The molecule has 0 aliphatic carbocycles. The molecule has 2 aromatic carbocycles. The summed E-state index contributed by atoms with van der Waals surface area (Å²) in [5.41, 5.74) is 1.02. The summed E-state index contributed by atoms with van der Waals surface area (Å²) in [6, 6.07) is 13.7. The Morgan fingerprint density at radius 2 is 1.60 bits per heavy atom. The van der Waals surface area contributed by atoms with E-state index in [-0.39, 0.29) is 22.6 Å². The topological polar surface area (TPSA) is 84.0 Å². The van der Waals surface area contributed by atoms with E-state index >= 15 is 0 Å². The SMILES string of the molecule is CN1C(=O)c2ccc(C(=O)OCC(=O)N(Cc3ccccc3)C(C)(C)C)cc2C1=O. The molecule has 0 spiro atoms. The van der Waals surface area contributed by atoms with Crippen LogP contribution in [0.15, 0.2) is 48.5 Å². The van der Waals surface area contributed by atoms with Crippen LogP contribution in [0.3, 0.4) is 0 Å². The first-order valence-corrected chi connectivity index (χ1v) is 9.57. The smallest absolute Gasteiger partial charge is 0.338 e. The van der Waals surface area contributed by atoms with Crippen LogP contribution in [-0.4, -0.2) is 52.7 Å². The minimum Gasteiger partial charge on any atom is -0.452 e. The van der Waals surface area contributed by atoms with Gasteiger partial charge < -0.3 is 9.64 Å². The number of benzene rings is 2. The molecule has 30 heavy (non-hydrogen) atoms. The lowest BCUT2D eigenvalue weighted by Crippen LogP contribution is -2.46. The number of carbonyl (C=O) groups excluding carboxylic acids is 4. The average molecular weight is 408 g/mol. The molecular formula is C23H24N2O5. The van der Waals surface area contributed by atoms with Gasteiger partial charge in [-0.25, -0.2) is 4.79 Å². The fourth-order valence-corrected chi connectivity index (χ4v) is 3.24. The van der Waals surface area contributed by atoms with Crippen molar-refractivity contribution in [1.82, 2.24) is 9.80 Å². The number of imide groups is 1. The molecule has 0 saturated carbocycles. The summed E-state index contributed by atoms with van der Waals surface area (Å²) in [7, 11) is 1.38. The lowest BCUT2D eigenvalue weighted by atomic mass is 10.0. The summed E-state index contributed by atoms with van der Waals surface area (Å²) < 4.78 is 5.21. The first-order chi connectivity index (χ1) is 14.1. The van der Waals surface area contributed by atoms with Gasteiger partial charge in [-0.1, -0.05) is 30.3 Å². The highest BCUT2D eigenvalue weighted by Crippen LogP contribution is 2.23. The molecule has 0 radical (unpaired) electrons. The Bertz CT molecular complexity index is 1010. The Kier molecular flexibility index (Phi) is 5.73. The quantitative estimate of drug-likeness (QED) is 0.561. The van der Waals surface area contributed by atoms with E-state index in [0.717, 1.165) is 10.5 Å². The predicted molar refractivity (Wildman–Crippen MR) is 110 cm³/mol. The highest BCUT2D eigenvalue weighted by Gasteiger charge is 2.33. The lowest BCUT2D eigenvalue weighted by molar-refractivity contribution is -0.140. The molecule has 3 amide bonds. The minimum atomic E-state index is -0.727. The summed E-state index contributed by atoms with van der Waals surface area (Å²) in [5.74, 6) is -1.93. The van der Waals surface area contributed by atoms with Gasteiger partial charge in [-0.3, -0.25) is 19.3 Å². The van der Waals surface area contributed by atoms with Crippen molar-refractivity contribution in [1.29, 1.82) is 0 Å². The van der Waals surface area contributed by atoms with Crippen molar-refractivity contribution in [2.45, 2.75) is 32.9 Å². The third kappa shape index (κ3) is 4.25. The predicted octanol–water partition coefficient (Wildman–Crippen LogP) is 2.90. The Labute approximate surface area is 175 Å². The highest BCUT2D eigenvalue weighted by molar-refractivity contribution is 6.21. The van der Waals surface area contributed by atoms with Crippen molar-refractivity contribution in [3.63, 3.8) is 0 Å². The van der Waals surface area contributed by atoms with Crippen molar-refractivity contribution < 1.29 is 23.9 Å². The molecule has 7 nitrogen and oxygen atoms in total. The molecule has 0 bridgehead atoms. The lowest BCUT2D eigenvalue weighted by Gasteiger charge is -2.35. The van der Waals surface area contributed by atoms with Gasteiger partial charge in [-0.15, -0.1) is 0 Å². The molecule has 2 aromatic rings. The molecule has 7 heteroatoms. The monoisotopic (exact) mass is 408 g/mol. The molecule has 0 N–H and O–H groups in total. The molecule has 3 rings (SSSR count). The third-order valence-electron chi connectivity index (χ3n) is 4.95. The van der Waals surface area contributed by atoms with E-state index in [1.807, 2.05) is 51.1 Å². The molecule has 0 fully saturated rings. The number of esters is 1. The normalized spacial score (nSPS) is 13.3. The Morgan fingerprint density at radius 1 is 0.967 bits per heavy atom. The van der Waals surface area contributed by atoms with Crippen LogP contribution in [0, 0.1) is 0 Å². The summed E-state index contributed by atoms with van der Waals surface area (Å²) >= 11 is 0. The van der Waals surface area contributed by atoms with Crippen LogP contribution in [-0.2, 0) is 16.1 Å². The molecule has 0 aromatic heterocycles. The van der Waals surface area contributed by atoms with Crippen LogP contribution in [0.5, 0.6) is 0 Å². The Morgan fingerprint density at radius 3 is 2.23 bits per heavy atom. The van der Waals surface area contributed by atoms with Crippen molar-refractivity contribution in [2.24, 2.45) is 0 Å². The van der Waals surface area contributed by atoms with Crippen molar-refractivity contribution in [3.05, 3.63) is 70.8 Å². The zero-order chi connectivity index (χ0) is 22.1. The molecule has 0 unspecified atom stereocenters. The number of rotatable bonds is 5. The van der Waals surface area contributed by atoms with Gasteiger partial charge >= 0.3 is 5.97 Å². The van der Waals surface area contributed by atoms with E-state index in [1.165, 1.54) is 25.2 Å². The Balaban J connectivity index is 1.69. The molecule has 1 aliphatic heterocycles. The summed E-state index contributed by atoms with van der Waals surface area (Å²) in [6.45, 7) is 5.70. The fourth-order valence-electron chi connectivity index (χ4n) is 3.24. The van der Waals surface area contributed by atoms with Crippen LogP contribution in [0.4, 0.5) is 0 Å². The molecule has 156 valence electrons. The number of hydrogen-bond acceptors (Lipinski definition) is 5. The van der Waals surface area contributed by atoms with Gasteiger partial charge in [0, 0.05) is 19.1 Å². The fraction of sp³-hybridized carbons (Fsp3) is 0.304. The van der Waals surface area contributed by atoms with Crippen LogP contribution in [0.2, 0.25) is 0 Å². The van der Waals surface area contributed by atoms with Gasteiger partial charge in [0.25, 0.3) is 17.7 Å². The van der Waals surface area contributed by atoms with Crippen molar-refractivity contribution in [3.8, 4) is 0 Å². The summed E-state index contributed by atoms with van der Waals surface area (Å²) in [6.07, 6.45) is 0. The van der Waals surface area contributed by atoms with Crippen LogP contribution in [0.25, 0.3) is 0 Å². The number of ether oxygens (including phenoxy) is 1. The first kappa shape index (κ1) is 21.2. The maximum atomic E-state index is 12.8. The van der Waals surface area contributed by atoms with Gasteiger partial charge in [-0.2, -0.15) is 0 Å². The van der Waals surface area contributed by atoms with Gasteiger partial charge in [0.15, 0.2) is 6.61 Å². The number of hydrogen-bond donors (Lipinski definition) is 0. The second-order valence-corrected chi connectivity index (χ2v) is 8.14. The van der Waals surface area contributed by atoms with Gasteiger partial charge in [0.1, 0.15) is 0 Å². The average Bonchev–Trinajstić information content (AvgIpc) is 2.93. The van der Waals surface area contributed by atoms with E-state index in [2.05, 4.69) is 0 Å². The van der Waals surface area contributed by atoms with E-state index in [0.29, 0.717) is 6.54 Å². The summed E-state index contributed by atoms with van der Waals surface area (Å²) in [5, 5.41) is 0. The first-order valence-electron chi connectivity index (χ1n) is 9.57. The molecule has 0 saturated heterocycles. The van der Waals surface area contributed by atoms with E-state index in [4.69, 9.17) is 4.74 Å². The maximum Gasteiger partial charge on any atom is 0.338 e. The zero-order valence-corrected chi connectivity index (χ0v) is 17.5. The van der Waals surface area contributed by atoms with Crippen molar-refractivity contribution in [2.75, 3.05) is 13.7 Å². The van der Waals surface area contributed by atoms with Crippen molar-refractivity contribution >= 4 is 23.7 Å². The van der Waals surface area contributed by atoms with E-state index in [1.54, 1.807) is 4.90 Å². The largest absolute Gasteiger partial charge is 0.452 e. The number of amides is 3. The second kappa shape index (κ2) is 8.10. The van der Waals surface area contributed by atoms with E-state index < -0.39 is 29.9 Å². The molecule has 1 heterocycles. The molecule has 0 atom stereocenters. The number of fused-ring (bicyclic) bond motifs is 1. The van der Waals surface area contributed by atoms with E-state index in [9.17, 15) is 19.2 Å². The summed E-state index contributed by atoms with van der Waals surface area (Å²) in [4.78, 5) is 52.0. The maximum absolute atomic E-state index is 12.8. The second-order valence-electron chi connectivity index (χ2n) is 8.14. The number of nitrogens with zero attached hydrogens (tertiary/aromatic N) is 2. The standard InChI is InChI=1S/C23H24N2O5/c1-23(2,3)25(13-15-8-6-5-7-9-15)19(26)14-30-22(29)16-10-11-17-18(12-16)21(28)24(4)20(17)27/h5-12H,13-14H2,1-4H3. The molecule has 1 aliphatic rings. The minimum absolute atomic E-state index is 0.114. The number of carbonyl (C=O) groups is 4. The van der Waals surface area contributed by atoms with Gasteiger partial charge in [-0.05, 0) is 44.5 Å². The third-order valence-corrected chi connectivity index (χ3v) is 4.95. The van der Waals surface area contributed by atoms with Crippen LogP contribution < -0.4 is 0 Å². The molecular weight excluding hydrogens is 384 g/mol. The van der Waals surface area contributed by atoms with Gasteiger partial charge in [0.05, 0.1) is 16.7 Å².